The highest BCUT2D eigenvalue weighted by Crippen LogP contribution is 2.39. The predicted molar refractivity (Wildman–Crippen MR) is 141 cm³/mol. The van der Waals surface area contributed by atoms with E-state index >= 15 is 0 Å². The molecule has 0 saturated heterocycles. The number of amides is 1. The number of halogens is 5. The van der Waals surface area contributed by atoms with Crippen molar-refractivity contribution in [1.82, 2.24) is 0 Å². The lowest BCUT2D eigenvalue weighted by Crippen LogP contribution is -2.38. The zero-order chi connectivity index (χ0) is 23.5. The lowest BCUT2D eigenvalue weighted by atomic mass is 9.83. The third-order valence-corrected chi connectivity index (χ3v) is 7.99. The standard InChI is InChI=1S/C24H24ClF2I2NO2/c1-15(31)30(19-9-5-8-18(14-19)24(26,27)29)23(17-10-11-20(25)21(28)13-17)22(32)12-16-6-3-2-4-7-16/h5,8-11,13-14,16,23H,2-4,6-7,12H2,1H3. The number of Topliss-reactive ketones (excluding diaryl/α,β-unsaturated/α-hetero) is 1. The van der Waals surface area contributed by atoms with E-state index < -0.39 is 9.97 Å². The van der Waals surface area contributed by atoms with E-state index in [1.807, 2.05) is 0 Å². The minimum Gasteiger partial charge on any atom is -0.298 e. The van der Waals surface area contributed by atoms with Crippen molar-refractivity contribution in [1.29, 1.82) is 0 Å². The van der Waals surface area contributed by atoms with Gasteiger partial charge in [0.05, 0.1) is 5.02 Å². The van der Waals surface area contributed by atoms with Crippen LogP contribution in [-0.4, -0.2) is 11.7 Å². The van der Waals surface area contributed by atoms with Crippen LogP contribution in [0, 0.1) is 9.49 Å². The zero-order valence-corrected chi connectivity index (χ0v) is 22.7. The third kappa shape index (κ3) is 6.40. The Kier molecular flexibility index (Phi) is 8.93. The largest absolute Gasteiger partial charge is 0.321 e. The molecule has 0 spiro atoms. The van der Waals surface area contributed by atoms with Gasteiger partial charge in [-0.2, -0.15) is 8.78 Å². The number of alkyl halides is 3. The number of ketones is 1. The number of anilines is 1. The van der Waals surface area contributed by atoms with Crippen molar-refractivity contribution in [2.75, 3.05) is 4.90 Å². The zero-order valence-electron chi connectivity index (χ0n) is 17.6. The van der Waals surface area contributed by atoms with Gasteiger partial charge in [0, 0.05) is 50.8 Å². The Morgan fingerprint density at radius 2 is 1.84 bits per heavy atom. The van der Waals surface area contributed by atoms with Crippen molar-refractivity contribution in [3.05, 3.63) is 62.2 Å². The molecule has 8 heteroatoms. The third-order valence-electron chi connectivity index (χ3n) is 5.83. The fourth-order valence-corrected chi connectivity index (χ4v) is 5.29. The molecule has 0 N–H and O–H groups in total. The molecule has 3 nitrogen and oxygen atoms in total. The van der Waals surface area contributed by atoms with Gasteiger partial charge in [-0.1, -0.05) is 61.9 Å². The van der Waals surface area contributed by atoms with Crippen LogP contribution in [0.5, 0.6) is 0 Å². The van der Waals surface area contributed by atoms with Crippen LogP contribution in [0.2, 0.25) is 5.02 Å². The van der Waals surface area contributed by atoms with Gasteiger partial charge in [0.1, 0.15) is 6.04 Å². The summed E-state index contributed by atoms with van der Waals surface area (Å²) in [4.78, 5) is 27.8. The first-order valence-electron chi connectivity index (χ1n) is 10.5. The number of hydrogen-bond acceptors (Lipinski definition) is 2. The van der Waals surface area contributed by atoms with E-state index in [2.05, 4.69) is 22.6 Å². The van der Waals surface area contributed by atoms with Crippen molar-refractivity contribution >= 4 is 74.2 Å². The maximum absolute atomic E-state index is 14.0. The van der Waals surface area contributed by atoms with Gasteiger partial charge in [0.2, 0.25) is 5.91 Å². The maximum Gasteiger partial charge on any atom is 0.321 e. The molecule has 3 rings (SSSR count). The van der Waals surface area contributed by atoms with Gasteiger partial charge in [0.15, 0.2) is 5.78 Å². The Hall–Kier alpha value is -0.810. The number of hydrogen-bond donors (Lipinski definition) is 0. The van der Waals surface area contributed by atoms with Gasteiger partial charge in [-0.15, -0.1) is 0 Å². The molecule has 2 aromatic rings. The fraction of sp³-hybridized carbons (Fsp3) is 0.417. The maximum atomic E-state index is 14.0. The minimum absolute atomic E-state index is 0.0862. The average molecular weight is 686 g/mol. The molecule has 1 aliphatic carbocycles. The number of rotatable bonds is 7. The topological polar surface area (TPSA) is 37.4 Å². The molecule has 1 amide bonds. The molecule has 1 atom stereocenters. The van der Waals surface area contributed by atoms with Crippen molar-refractivity contribution in [3.8, 4) is 0 Å². The monoisotopic (exact) mass is 685 g/mol. The Balaban J connectivity index is 2.07. The summed E-state index contributed by atoms with van der Waals surface area (Å²) in [6, 6.07) is 10.0. The molecular formula is C24H24ClF2I2NO2. The second-order valence-corrected chi connectivity index (χ2v) is 11.1. The van der Waals surface area contributed by atoms with E-state index in [1.54, 1.807) is 24.3 Å². The van der Waals surface area contributed by atoms with E-state index in [4.69, 9.17) is 11.6 Å². The molecule has 0 aliphatic heterocycles. The van der Waals surface area contributed by atoms with Crippen molar-refractivity contribution in [2.24, 2.45) is 5.92 Å². The van der Waals surface area contributed by atoms with Gasteiger partial charge in [-0.3, -0.25) is 14.5 Å². The number of nitrogens with zero attached hydrogens (tertiary/aromatic N) is 1. The van der Waals surface area contributed by atoms with Gasteiger partial charge < -0.3 is 0 Å². The van der Waals surface area contributed by atoms with Gasteiger partial charge >= 0.3 is 3.93 Å². The molecule has 32 heavy (non-hydrogen) atoms. The van der Waals surface area contributed by atoms with Crippen LogP contribution in [0.1, 0.15) is 62.6 Å². The lowest BCUT2D eigenvalue weighted by molar-refractivity contribution is -0.125. The molecule has 0 heterocycles. The van der Waals surface area contributed by atoms with Gasteiger partial charge in [0.25, 0.3) is 0 Å². The Morgan fingerprint density at radius 1 is 1.16 bits per heavy atom. The molecule has 1 saturated carbocycles. The second-order valence-electron chi connectivity index (χ2n) is 8.19. The van der Waals surface area contributed by atoms with Crippen LogP contribution >= 0.6 is 56.8 Å². The molecule has 2 aromatic carbocycles. The molecule has 0 aromatic heterocycles. The lowest BCUT2D eigenvalue weighted by Gasteiger charge is -2.32. The van der Waals surface area contributed by atoms with Crippen LogP contribution in [0.4, 0.5) is 14.5 Å². The predicted octanol–water partition coefficient (Wildman–Crippen LogP) is 8.06. The Labute approximate surface area is 219 Å². The number of benzene rings is 2. The van der Waals surface area contributed by atoms with E-state index in [-0.39, 0.29) is 28.9 Å². The second kappa shape index (κ2) is 11.1. The van der Waals surface area contributed by atoms with Crippen LogP contribution in [0.25, 0.3) is 0 Å². The highest BCUT2D eigenvalue weighted by atomic mass is 127. The summed E-state index contributed by atoms with van der Waals surface area (Å²) in [5, 5.41) is 0.550. The number of carbonyl (C=O) groups excluding carboxylic acids is 2. The first-order valence-corrected chi connectivity index (χ1v) is 13.1. The smallest absolute Gasteiger partial charge is 0.298 e. The van der Waals surface area contributed by atoms with Crippen LogP contribution < -0.4 is 4.90 Å². The molecule has 1 aliphatic rings. The van der Waals surface area contributed by atoms with Gasteiger partial charge in [-0.25, -0.2) is 0 Å². The first-order chi connectivity index (χ1) is 15.1. The molecule has 1 fully saturated rings. The van der Waals surface area contributed by atoms with Gasteiger partial charge in [-0.05, 0) is 58.3 Å². The van der Waals surface area contributed by atoms with E-state index in [0.29, 0.717) is 17.0 Å². The molecular weight excluding hydrogens is 662 g/mol. The summed E-state index contributed by atoms with van der Waals surface area (Å²) in [5.41, 5.74) is 0.686. The van der Waals surface area contributed by atoms with E-state index in [9.17, 15) is 18.4 Å². The first kappa shape index (κ1) is 25.8. The summed E-state index contributed by atoms with van der Waals surface area (Å²) in [6.07, 6.45) is 5.73. The summed E-state index contributed by atoms with van der Waals surface area (Å²) >= 11 is 9.35. The summed E-state index contributed by atoms with van der Waals surface area (Å²) in [5.74, 6) is -0.188. The van der Waals surface area contributed by atoms with E-state index in [0.717, 1.165) is 51.8 Å². The summed E-state index contributed by atoms with van der Waals surface area (Å²) in [7, 11) is 0. The molecule has 0 bridgehead atoms. The SMILES string of the molecule is CC(=O)N(c1cccc(C(F)(F)I)c1)C(C(=O)CC1CCCCC1)c1ccc(Cl)c(I)c1. The molecule has 1 unspecified atom stereocenters. The van der Waals surface area contributed by atoms with Crippen LogP contribution in [-0.2, 0) is 13.5 Å². The summed E-state index contributed by atoms with van der Waals surface area (Å²) in [6.45, 7) is 1.36. The van der Waals surface area contributed by atoms with Crippen LogP contribution in [0.15, 0.2) is 42.5 Å². The number of carbonyl (C=O) groups is 2. The van der Waals surface area contributed by atoms with Crippen molar-refractivity contribution < 1.29 is 18.4 Å². The highest BCUT2D eigenvalue weighted by Gasteiger charge is 2.34. The van der Waals surface area contributed by atoms with Crippen molar-refractivity contribution in [3.63, 3.8) is 0 Å². The fourth-order valence-electron chi connectivity index (χ4n) is 4.29. The molecule has 172 valence electrons. The normalized spacial score (nSPS) is 15.9. The van der Waals surface area contributed by atoms with Crippen molar-refractivity contribution in [2.45, 2.75) is 55.4 Å². The summed E-state index contributed by atoms with van der Waals surface area (Å²) < 4.78 is 25.6. The average Bonchev–Trinajstić information content (AvgIpc) is 2.74. The molecule has 0 radical (unpaired) electrons. The highest BCUT2D eigenvalue weighted by molar-refractivity contribution is 14.1. The minimum atomic E-state index is -3.09. The van der Waals surface area contributed by atoms with Crippen LogP contribution in [0.3, 0.4) is 0 Å². The Bertz CT molecular complexity index is 990. The van der Waals surface area contributed by atoms with E-state index in [1.165, 1.54) is 36.4 Å². The quantitative estimate of drug-likeness (QED) is 0.219. The Morgan fingerprint density at radius 3 is 2.44 bits per heavy atom.